The van der Waals surface area contributed by atoms with Gasteiger partial charge in [-0.2, -0.15) is 5.10 Å². The standard InChI is InChI=1S/C13H12Cl2N4S/c1-7-8(5-18(2)17-7)6-19-12-4-10(15)9(14)3-11(12)16-13(19)20/h3-5H,6H2,1-2H3,(H,16,20). The highest BCUT2D eigenvalue weighted by Gasteiger charge is 2.11. The number of nitrogens with one attached hydrogen (secondary N) is 1. The van der Waals surface area contributed by atoms with Crippen LogP contribution in [-0.4, -0.2) is 19.3 Å². The topological polar surface area (TPSA) is 38.5 Å². The molecular formula is C13H12Cl2N4S. The fourth-order valence-corrected chi connectivity index (χ4v) is 2.88. The van der Waals surface area contributed by atoms with Crippen LogP contribution in [0.2, 0.25) is 10.0 Å². The van der Waals surface area contributed by atoms with Crippen molar-refractivity contribution in [2.24, 2.45) is 7.05 Å². The number of rotatable bonds is 2. The van der Waals surface area contributed by atoms with E-state index in [0.717, 1.165) is 22.3 Å². The van der Waals surface area contributed by atoms with E-state index in [4.69, 9.17) is 35.4 Å². The van der Waals surface area contributed by atoms with Crippen molar-refractivity contribution in [1.82, 2.24) is 19.3 Å². The molecule has 0 unspecified atom stereocenters. The largest absolute Gasteiger partial charge is 0.331 e. The van der Waals surface area contributed by atoms with Gasteiger partial charge < -0.3 is 9.55 Å². The van der Waals surface area contributed by atoms with Crippen LogP contribution in [-0.2, 0) is 13.6 Å². The molecule has 0 fully saturated rings. The number of hydrogen-bond donors (Lipinski definition) is 1. The molecule has 2 aromatic heterocycles. The van der Waals surface area contributed by atoms with Gasteiger partial charge in [-0.15, -0.1) is 0 Å². The van der Waals surface area contributed by atoms with Gasteiger partial charge in [0.05, 0.1) is 33.3 Å². The SMILES string of the molecule is Cc1nn(C)cc1Cn1c(=S)[nH]c2cc(Cl)c(Cl)cc21. The normalized spacial score (nSPS) is 11.4. The molecule has 0 bridgehead atoms. The van der Waals surface area contributed by atoms with Gasteiger partial charge in [0, 0.05) is 18.8 Å². The van der Waals surface area contributed by atoms with Gasteiger partial charge in [0.1, 0.15) is 0 Å². The fourth-order valence-electron chi connectivity index (χ4n) is 2.28. The first-order chi connectivity index (χ1) is 9.45. The lowest BCUT2D eigenvalue weighted by Crippen LogP contribution is -2.00. The third-order valence-electron chi connectivity index (χ3n) is 3.26. The van der Waals surface area contributed by atoms with E-state index >= 15 is 0 Å². The van der Waals surface area contributed by atoms with Crippen LogP contribution in [0.5, 0.6) is 0 Å². The molecule has 3 aromatic rings. The predicted octanol–water partition coefficient (Wildman–Crippen LogP) is 4.10. The average molecular weight is 327 g/mol. The number of nitrogens with zero attached hydrogens (tertiary/aromatic N) is 3. The molecule has 4 nitrogen and oxygen atoms in total. The van der Waals surface area contributed by atoms with E-state index in [2.05, 4.69) is 10.1 Å². The van der Waals surface area contributed by atoms with E-state index in [1.807, 2.05) is 30.8 Å². The molecule has 0 aliphatic carbocycles. The van der Waals surface area contributed by atoms with Crippen LogP contribution < -0.4 is 0 Å². The number of H-pyrrole nitrogens is 1. The molecule has 0 saturated heterocycles. The van der Waals surface area contributed by atoms with Crippen LogP contribution in [0.15, 0.2) is 18.3 Å². The highest BCUT2D eigenvalue weighted by Crippen LogP contribution is 2.28. The van der Waals surface area contributed by atoms with Gasteiger partial charge in [-0.3, -0.25) is 4.68 Å². The van der Waals surface area contributed by atoms with Crippen LogP contribution in [0.1, 0.15) is 11.3 Å². The molecule has 0 saturated carbocycles. The first-order valence-electron chi connectivity index (χ1n) is 6.02. The Balaban J connectivity index is 2.16. The van der Waals surface area contributed by atoms with Gasteiger partial charge in [0.25, 0.3) is 0 Å². The van der Waals surface area contributed by atoms with E-state index in [1.165, 1.54) is 0 Å². The predicted molar refractivity (Wildman–Crippen MR) is 84.2 cm³/mol. The van der Waals surface area contributed by atoms with Crippen molar-refractivity contribution in [3.05, 3.63) is 44.4 Å². The Labute approximate surface area is 130 Å². The summed E-state index contributed by atoms with van der Waals surface area (Å²) < 4.78 is 4.44. The molecular weight excluding hydrogens is 315 g/mol. The van der Waals surface area contributed by atoms with Crippen molar-refractivity contribution in [3.63, 3.8) is 0 Å². The summed E-state index contributed by atoms with van der Waals surface area (Å²) >= 11 is 17.5. The van der Waals surface area contributed by atoms with Crippen LogP contribution >= 0.6 is 35.4 Å². The molecule has 7 heteroatoms. The minimum atomic E-state index is 0.514. The number of benzene rings is 1. The fraction of sp³-hybridized carbons (Fsp3) is 0.231. The molecule has 20 heavy (non-hydrogen) atoms. The summed E-state index contributed by atoms with van der Waals surface area (Å²) in [4.78, 5) is 3.15. The first-order valence-corrected chi connectivity index (χ1v) is 7.19. The molecule has 0 aliphatic heterocycles. The molecule has 3 rings (SSSR count). The third-order valence-corrected chi connectivity index (χ3v) is 4.30. The van der Waals surface area contributed by atoms with Crippen molar-refractivity contribution >= 4 is 46.5 Å². The lowest BCUT2D eigenvalue weighted by molar-refractivity contribution is 0.755. The van der Waals surface area contributed by atoms with E-state index < -0.39 is 0 Å². The summed E-state index contributed by atoms with van der Waals surface area (Å²) in [6.45, 7) is 2.63. The number of fused-ring (bicyclic) bond motifs is 1. The average Bonchev–Trinajstić information content (AvgIpc) is 2.83. The smallest absolute Gasteiger partial charge is 0.178 e. The molecule has 0 radical (unpaired) electrons. The Morgan fingerprint density at radius 3 is 2.65 bits per heavy atom. The minimum Gasteiger partial charge on any atom is -0.331 e. The Hall–Kier alpha value is -1.30. The van der Waals surface area contributed by atoms with Gasteiger partial charge >= 0.3 is 0 Å². The molecule has 0 amide bonds. The van der Waals surface area contributed by atoms with Gasteiger partial charge in [0.15, 0.2) is 4.77 Å². The number of aromatic amines is 1. The van der Waals surface area contributed by atoms with Gasteiger partial charge in [-0.1, -0.05) is 23.2 Å². The first kappa shape index (κ1) is 13.7. The maximum atomic E-state index is 6.10. The Kier molecular flexibility index (Phi) is 3.36. The molecule has 1 aromatic carbocycles. The Bertz CT molecular complexity index is 859. The van der Waals surface area contributed by atoms with Gasteiger partial charge in [0.2, 0.25) is 0 Å². The van der Waals surface area contributed by atoms with Crippen LogP contribution in [0.4, 0.5) is 0 Å². The zero-order valence-electron chi connectivity index (χ0n) is 10.9. The summed E-state index contributed by atoms with van der Waals surface area (Å²) in [5.41, 5.74) is 3.93. The van der Waals surface area contributed by atoms with Gasteiger partial charge in [-0.05, 0) is 31.3 Å². The Morgan fingerprint density at radius 1 is 1.30 bits per heavy atom. The second-order valence-corrected chi connectivity index (χ2v) is 5.91. The van der Waals surface area contributed by atoms with Crippen molar-refractivity contribution in [2.45, 2.75) is 13.5 Å². The summed E-state index contributed by atoms with van der Waals surface area (Å²) in [5, 5.41) is 5.38. The summed E-state index contributed by atoms with van der Waals surface area (Å²) in [6.07, 6.45) is 1.99. The lowest BCUT2D eigenvalue weighted by Gasteiger charge is -2.04. The highest BCUT2D eigenvalue weighted by molar-refractivity contribution is 7.71. The van der Waals surface area contributed by atoms with Crippen LogP contribution in [0, 0.1) is 11.7 Å². The van der Waals surface area contributed by atoms with E-state index in [1.54, 1.807) is 10.7 Å². The van der Waals surface area contributed by atoms with Crippen LogP contribution in [0.3, 0.4) is 0 Å². The van der Waals surface area contributed by atoms with Crippen molar-refractivity contribution < 1.29 is 0 Å². The molecule has 1 N–H and O–H groups in total. The zero-order valence-corrected chi connectivity index (χ0v) is 13.3. The van der Waals surface area contributed by atoms with E-state index in [-0.39, 0.29) is 0 Å². The second kappa shape index (κ2) is 4.91. The molecule has 2 heterocycles. The van der Waals surface area contributed by atoms with E-state index in [9.17, 15) is 0 Å². The molecule has 0 spiro atoms. The van der Waals surface area contributed by atoms with E-state index in [0.29, 0.717) is 21.4 Å². The Morgan fingerprint density at radius 2 is 2.00 bits per heavy atom. The molecule has 104 valence electrons. The number of aromatic nitrogens is 4. The summed E-state index contributed by atoms with van der Waals surface area (Å²) in [7, 11) is 1.90. The molecule has 0 aliphatic rings. The number of halogens is 2. The summed E-state index contributed by atoms with van der Waals surface area (Å²) in [5.74, 6) is 0. The lowest BCUT2D eigenvalue weighted by atomic mass is 10.2. The minimum absolute atomic E-state index is 0.514. The number of hydrogen-bond acceptors (Lipinski definition) is 2. The third kappa shape index (κ3) is 2.26. The van der Waals surface area contributed by atoms with Crippen molar-refractivity contribution in [2.75, 3.05) is 0 Å². The monoisotopic (exact) mass is 326 g/mol. The van der Waals surface area contributed by atoms with Crippen molar-refractivity contribution in [1.29, 1.82) is 0 Å². The van der Waals surface area contributed by atoms with Crippen LogP contribution in [0.25, 0.3) is 11.0 Å². The number of imidazole rings is 1. The number of aryl methyl sites for hydroxylation is 2. The second-order valence-electron chi connectivity index (χ2n) is 4.71. The maximum absolute atomic E-state index is 6.10. The zero-order chi connectivity index (χ0) is 14.4. The quantitative estimate of drug-likeness (QED) is 0.720. The molecule has 0 atom stereocenters. The maximum Gasteiger partial charge on any atom is 0.178 e. The van der Waals surface area contributed by atoms with Gasteiger partial charge in [-0.25, -0.2) is 0 Å². The summed E-state index contributed by atoms with van der Waals surface area (Å²) in [6, 6.07) is 3.62. The highest BCUT2D eigenvalue weighted by atomic mass is 35.5. The van der Waals surface area contributed by atoms with Crippen molar-refractivity contribution in [3.8, 4) is 0 Å².